The molecule has 2 aliphatic heterocycles. The van der Waals surface area contributed by atoms with Crippen LogP contribution in [0, 0.1) is 0 Å². The summed E-state index contributed by atoms with van der Waals surface area (Å²) < 4.78 is 5.26. The maximum atomic E-state index is 11.7. The number of allylic oxidation sites excluding steroid dienone is 1. The van der Waals surface area contributed by atoms with E-state index in [0.29, 0.717) is 12.2 Å². The lowest BCUT2D eigenvalue weighted by molar-refractivity contribution is -0.116. The largest absolute Gasteiger partial charge is 0.504 e. The van der Waals surface area contributed by atoms with Crippen molar-refractivity contribution in [1.29, 1.82) is 0 Å². The normalized spacial score (nSPS) is 33.8. The lowest BCUT2D eigenvalue weighted by Crippen LogP contribution is -2.48. The van der Waals surface area contributed by atoms with E-state index in [9.17, 15) is 9.90 Å². The number of hydrogen-bond acceptors (Lipinski definition) is 4. The summed E-state index contributed by atoms with van der Waals surface area (Å²) in [5.74, 6) is 0.923. The van der Waals surface area contributed by atoms with Crippen LogP contribution in [0.2, 0.25) is 0 Å². The number of carbonyl (C=O) groups is 1. The lowest BCUT2D eigenvalue weighted by Gasteiger charge is -2.43. The minimum absolute atomic E-state index is 0.0809. The van der Waals surface area contributed by atoms with E-state index in [-0.39, 0.29) is 23.0 Å². The summed E-state index contributed by atoms with van der Waals surface area (Å²) >= 11 is 0. The number of rotatable bonds is 1. The van der Waals surface area contributed by atoms with Gasteiger partial charge in [0, 0.05) is 31.0 Å². The van der Waals surface area contributed by atoms with Crippen molar-refractivity contribution in [3.8, 4) is 11.5 Å². The SMILES string of the molecule is COc1cc2c(cc1O)CN1CC[C@@]23C=CC(=O)C[C@H]13. The molecule has 3 aliphatic rings. The fraction of sp³-hybridized carbons (Fsp3) is 0.438. The number of phenols is 1. The summed E-state index contributed by atoms with van der Waals surface area (Å²) in [4.78, 5) is 14.1. The second kappa shape index (κ2) is 3.85. The first kappa shape index (κ1) is 12.0. The molecule has 1 aromatic rings. The predicted molar refractivity (Wildman–Crippen MR) is 73.9 cm³/mol. The number of fused-ring (bicyclic) bond motifs is 1. The molecule has 1 saturated heterocycles. The van der Waals surface area contributed by atoms with Crippen LogP contribution in [0.4, 0.5) is 0 Å². The van der Waals surface area contributed by atoms with Crippen molar-refractivity contribution in [2.75, 3.05) is 13.7 Å². The Balaban J connectivity index is 1.95. The van der Waals surface area contributed by atoms with Gasteiger partial charge < -0.3 is 9.84 Å². The maximum absolute atomic E-state index is 11.7. The van der Waals surface area contributed by atoms with Crippen LogP contribution < -0.4 is 4.74 Å². The summed E-state index contributed by atoms with van der Waals surface area (Å²) in [7, 11) is 1.57. The molecule has 1 aromatic carbocycles. The summed E-state index contributed by atoms with van der Waals surface area (Å²) in [5.41, 5.74) is 2.29. The van der Waals surface area contributed by atoms with Gasteiger partial charge in [0.25, 0.3) is 0 Å². The molecule has 104 valence electrons. The van der Waals surface area contributed by atoms with Crippen LogP contribution in [-0.4, -0.2) is 35.5 Å². The van der Waals surface area contributed by atoms with Gasteiger partial charge in [0.15, 0.2) is 17.3 Å². The molecular formula is C16H17NO3. The number of ketones is 1. The van der Waals surface area contributed by atoms with Gasteiger partial charge in [-0.05, 0) is 35.8 Å². The smallest absolute Gasteiger partial charge is 0.160 e. The first-order valence-electron chi connectivity index (χ1n) is 7.00. The quantitative estimate of drug-likeness (QED) is 0.845. The van der Waals surface area contributed by atoms with Crippen LogP contribution in [-0.2, 0) is 16.8 Å². The molecule has 4 rings (SSSR count). The molecule has 4 nitrogen and oxygen atoms in total. The van der Waals surface area contributed by atoms with E-state index in [2.05, 4.69) is 11.0 Å². The second-order valence-electron chi connectivity index (χ2n) is 5.96. The number of hydrogen-bond donors (Lipinski definition) is 1. The molecule has 2 heterocycles. The molecule has 3 atom stereocenters. The van der Waals surface area contributed by atoms with Gasteiger partial charge in [0.1, 0.15) is 0 Å². The van der Waals surface area contributed by atoms with E-state index in [4.69, 9.17) is 4.74 Å². The van der Waals surface area contributed by atoms with Gasteiger partial charge >= 0.3 is 0 Å². The van der Waals surface area contributed by atoms with Gasteiger partial charge in [-0.1, -0.05) is 6.08 Å². The number of benzene rings is 1. The molecule has 1 N–H and O–H groups in total. The van der Waals surface area contributed by atoms with E-state index in [0.717, 1.165) is 25.1 Å². The Labute approximate surface area is 117 Å². The van der Waals surface area contributed by atoms with E-state index in [1.165, 1.54) is 5.56 Å². The topological polar surface area (TPSA) is 49.8 Å². The monoisotopic (exact) mass is 271 g/mol. The van der Waals surface area contributed by atoms with Crippen LogP contribution in [0.5, 0.6) is 11.5 Å². The molecule has 4 heteroatoms. The van der Waals surface area contributed by atoms with Crippen LogP contribution >= 0.6 is 0 Å². The standard InChI is InChI=1S/C16H17NO3/c1-20-14-8-12-10(6-13(14)19)9-17-5-4-16(12)3-2-11(18)7-15(16)17/h2-3,6,8,15,19H,4-5,7,9H2,1H3/t15-,16-/m0/s1. The highest BCUT2D eigenvalue weighted by Gasteiger charge is 2.53. The Morgan fingerprint density at radius 1 is 1.45 bits per heavy atom. The van der Waals surface area contributed by atoms with Gasteiger partial charge in [-0.15, -0.1) is 0 Å². The fourth-order valence-corrected chi connectivity index (χ4v) is 4.13. The number of ether oxygens (including phenoxy) is 1. The van der Waals surface area contributed by atoms with Crippen LogP contribution in [0.25, 0.3) is 0 Å². The molecular weight excluding hydrogens is 254 g/mol. The molecule has 2 bridgehead atoms. The predicted octanol–water partition coefficient (Wildman–Crippen LogP) is 1.76. The van der Waals surface area contributed by atoms with Crippen LogP contribution in [0.15, 0.2) is 24.3 Å². The van der Waals surface area contributed by atoms with Gasteiger partial charge in [-0.25, -0.2) is 0 Å². The number of nitrogens with zero attached hydrogens (tertiary/aromatic N) is 1. The second-order valence-corrected chi connectivity index (χ2v) is 5.96. The van der Waals surface area contributed by atoms with Gasteiger partial charge in [-0.3, -0.25) is 9.69 Å². The average Bonchev–Trinajstić information content (AvgIpc) is 2.71. The summed E-state index contributed by atoms with van der Waals surface area (Å²) in [6.07, 6.45) is 5.44. The minimum atomic E-state index is -0.0809. The van der Waals surface area contributed by atoms with Crippen molar-refractivity contribution in [2.45, 2.75) is 30.8 Å². The molecule has 0 saturated carbocycles. The molecule has 0 amide bonds. The maximum Gasteiger partial charge on any atom is 0.160 e. The third kappa shape index (κ3) is 1.37. The number of phenolic OH excluding ortho intramolecular Hbond substituents is 1. The highest BCUT2D eigenvalue weighted by Crippen LogP contribution is 2.52. The average molecular weight is 271 g/mol. The summed E-state index contributed by atoms with van der Waals surface area (Å²) in [5, 5.41) is 9.98. The van der Waals surface area contributed by atoms with E-state index >= 15 is 0 Å². The molecule has 20 heavy (non-hydrogen) atoms. The van der Waals surface area contributed by atoms with Crippen LogP contribution in [0.3, 0.4) is 0 Å². The molecule has 1 unspecified atom stereocenters. The first-order valence-corrected chi connectivity index (χ1v) is 7.00. The van der Waals surface area contributed by atoms with E-state index in [1.807, 2.05) is 12.1 Å². The molecule has 0 aromatic heterocycles. The highest BCUT2D eigenvalue weighted by molar-refractivity contribution is 5.92. The Bertz CT molecular complexity index is 637. The van der Waals surface area contributed by atoms with Crippen molar-refractivity contribution in [3.63, 3.8) is 0 Å². The third-order valence-electron chi connectivity index (χ3n) is 5.09. The van der Waals surface area contributed by atoms with Gasteiger partial charge in [-0.2, -0.15) is 0 Å². The van der Waals surface area contributed by atoms with Crippen molar-refractivity contribution in [1.82, 2.24) is 4.90 Å². The number of aromatic hydroxyl groups is 1. The van der Waals surface area contributed by atoms with Crippen molar-refractivity contribution in [2.24, 2.45) is 0 Å². The Morgan fingerprint density at radius 3 is 3.10 bits per heavy atom. The number of methoxy groups -OCH3 is 1. The third-order valence-corrected chi connectivity index (χ3v) is 5.09. The summed E-state index contributed by atoms with van der Waals surface area (Å²) in [6.45, 7) is 1.81. The zero-order chi connectivity index (χ0) is 13.9. The van der Waals surface area contributed by atoms with Crippen molar-refractivity contribution < 1.29 is 14.6 Å². The molecule has 0 radical (unpaired) electrons. The van der Waals surface area contributed by atoms with Gasteiger partial charge in [0.05, 0.1) is 7.11 Å². The Kier molecular flexibility index (Phi) is 2.31. The lowest BCUT2D eigenvalue weighted by atomic mass is 9.67. The van der Waals surface area contributed by atoms with E-state index < -0.39 is 0 Å². The Hall–Kier alpha value is -1.81. The van der Waals surface area contributed by atoms with Crippen molar-refractivity contribution in [3.05, 3.63) is 35.4 Å². The summed E-state index contributed by atoms with van der Waals surface area (Å²) in [6, 6.07) is 4.04. The minimum Gasteiger partial charge on any atom is -0.504 e. The molecule has 1 aliphatic carbocycles. The van der Waals surface area contributed by atoms with E-state index in [1.54, 1.807) is 13.2 Å². The van der Waals surface area contributed by atoms with Crippen LogP contribution in [0.1, 0.15) is 24.0 Å². The van der Waals surface area contributed by atoms with Crippen molar-refractivity contribution >= 4 is 5.78 Å². The zero-order valence-electron chi connectivity index (χ0n) is 11.4. The van der Waals surface area contributed by atoms with Gasteiger partial charge in [0.2, 0.25) is 0 Å². The first-order chi connectivity index (χ1) is 9.64. The Morgan fingerprint density at radius 2 is 2.30 bits per heavy atom. The zero-order valence-corrected chi connectivity index (χ0v) is 11.4. The molecule has 0 spiro atoms. The number of carbonyl (C=O) groups excluding carboxylic acids is 1. The highest BCUT2D eigenvalue weighted by atomic mass is 16.5. The molecule has 1 fully saturated rings. The fourth-order valence-electron chi connectivity index (χ4n) is 4.13.